The van der Waals surface area contributed by atoms with Gasteiger partial charge in [0.2, 0.25) is 0 Å². The van der Waals surface area contributed by atoms with Crippen LogP contribution in [0.4, 0.5) is 0 Å². The van der Waals surface area contributed by atoms with E-state index in [-0.39, 0.29) is 17.1 Å². The zero-order chi connectivity index (χ0) is 23.4. The van der Waals surface area contributed by atoms with Crippen LogP contribution in [0.2, 0.25) is 13.3 Å². The monoisotopic (exact) mass is 614 g/mol. The number of unbranched alkanes of at least 4 members (excludes halogenated alkanes) is 3. The molecule has 3 rings (SSSR count). The first kappa shape index (κ1) is 33.7. The molecule has 0 amide bonds. The van der Waals surface area contributed by atoms with Gasteiger partial charge in [-0.1, -0.05) is 30.5 Å². The van der Waals surface area contributed by atoms with Crippen LogP contribution in [0.1, 0.15) is 64.9 Å². The predicted octanol–water partition coefficient (Wildman–Crippen LogP) is 8.24. The van der Waals surface area contributed by atoms with E-state index in [1.807, 2.05) is 76.1 Å². The second-order valence-electron chi connectivity index (χ2n) is 8.14. The summed E-state index contributed by atoms with van der Waals surface area (Å²) in [6.45, 7) is 9.02. The molecule has 2 aliphatic carbocycles. The van der Waals surface area contributed by atoms with Gasteiger partial charge in [0.15, 0.2) is 0 Å². The van der Waals surface area contributed by atoms with Gasteiger partial charge in [-0.05, 0) is 51.2 Å². The minimum absolute atomic E-state index is 0. The molecule has 4 heteroatoms. The second-order valence-corrected chi connectivity index (χ2v) is 18.2. The fraction of sp³-hybridized carbons (Fsp3) is 0.448. The van der Waals surface area contributed by atoms with Gasteiger partial charge >= 0.3 is 92.4 Å². The SMILES string of the molecule is CCC[CH2][Sn+]([CH2]CCC)[CH2]CCC.Cc1ccc([S@](=O)[C]2[C-][CH][CH][CH]2)cc1.[CH]1[CH][CH][CH][CH]1.[Fe]. The summed E-state index contributed by atoms with van der Waals surface area (Å²) >= 11 is -0.839. The molecule has 2 fully saturated rings. The van der Waals surface area contributed by atoms with Crippen LogP contribution < -0.4 is 0 Å². The summed E-state index contributed by atoms with van der Waals surface area (Å²) in [6.07, 6.45) is 27.3. The summed E-state index contributed by atoms with van der Waals surface area (Å²) in [6, 6.07) is 7.73. The summed E-state index contributed by atoms with van der Waals surface area (Å²) in [5.74, 6) is 0. The van der Waals surface area contributed by atoms with Gasteiger partial charge < -0.3 is 6.42 Å². The summed E-state index contributed by atoms with van der Waals surface area (Å²) in [7, 11) is -1.08. The van der Waals surface area contributed by atoms with Gasteiger partial charge in [-0.2, -0.15) is 0 Å². The molecule has 1 atom stereocenters. The third-order valence-corrected chi connectivity index (χ3v) is 15.6. The van der Waals surface area contributed by atoms with E-state index < -0.39 is 30.6 Å². The summed E-state index contributed by atoms with van der Waals surface area (Å²) < 4.78 is 16.9. The van der Waals surface area contributed by atoms with Crippen molar-refractivity contribution >= 4 is 30.6 Å². The van der Waals surface area contributed by atoms with Gasteiger partial charge in [-0.15, -0.1) is 5.25 Å². The third kappa shape index (κ3) is 16.9. The van der Waals surface area contributed by atoms with Crippen molar-refractivity contribution in [2.75, 3.05) is 0 Å². The third-order valence-electron chi connectivity index (χ3n) is 5.21. The molecule has 1 aromatic rings. The number of aryl methyl sites for hydroxylation is 1. The zero-order valence-corrected chi connectivity index (χ0v) is 25.7. The molecule has 182 valence electrons. The van der Waals surface area contributed by atoms with Crippen LogP contribution in [0.3, 0.4) is 0 Å². The molecule has 0 unspecified atom stereocenters. The van der Waals surface area contributed by atoms with E-state index >= 15 is 0 Å². The van der Waals surface area contributed by atoms with E-state index in [1.54, 1.807) is 19.7 Å². The van der Waals surface area contributed by atoms with Crippen LogP contribution in [-0.2, 0) is 27.9 Å². The molecule has 0 bridgehead atoms. The maximum absolute atomic E-state index is 11.9. The van der Waals surface area contributed by atoms with Crippen molar-refractivity contribution < 1.29 is 21.3 Å². The summed E-state index contributed by atoms with van der Waals surface area (Å²) in [5.41, 5.74) is 1.18. The van der Waals surface area contributed by atoms with Crippen LogP contribution >= 0.6 is 0 Å². The van der Waals surface area contributed by atoms with Crippen molar-refractivity contribution in [2.45, 2.75) is 84.4 Å². The van der Waals surface area contributed by atoms with E-state index in [4.69, 9.17) is 0 Å². The molecule has 0 spiro atoms. The van der Waals surface area contributed by atoms with E-state index in [1.165, 1.54) is 44.1 Å². The Morgan fingerprint density at radius 2 is 1.21 bits per heavy atom. The molecular formula is C29H42FeOSSn. The molecule has 0 N–H and O–H groups in total. The molecule has 33 heavy (non-hydrogen) atoms. The Hall–Kier alpha value is 0.688. The molecule has 0 aliphatic heterocycles. The summed E-state index contributed by atoms with van der Waals surface area (Å²) in [4.78, 5) is 0.832. The van der Waals surface area contributed by atoms with Crippen LogP contribution in [-0.4, -0.2) is 24.0 Å². The Balaban J connectivity index is 0.000000502. The quantitative estimate of drug-likeness (QED) is 0.182. The molecule has 1 aromatic carbocycles. The van der Waals surface area contributed by atoms with Crippen LogP contribution in [0.25, 0.3) is 0 Å². The maximum atomic E-state index is 11.9. The number of benzene rings is 1. The fourth-order valence-electron chi connectivity index (χ4n) is 3.19. The first-order chi connectivity index (χ1) is 15.6. The van der Waals surface area contributed by atoms with E-state index in [9.17, 15) is 4.21 Å². The molecule has 0 aromatic heterocycles. The Kier molecular flexibility index (Phi) is 23.6. The van der Waals surface area contributed by atoms with Gasteiger partial charge in [-0.3, -0.25) is 4.21 Å². The second kappa shape index (κ2) is 23.1. The van der Waals surface area contributed by atoms with Crippen LogP contribution in [0.15, 0.2) is 29.2 Å². The molecule has 0 heterocycles. The normalized spacial score (nSPS) is 16.1. The first-order valence-electron chi connectivity index (χ1n) is 12.2. The average molecular weight is 613 g/mol. The largest absolute Gasteiger partial charge is 0.456 e. The van der Waals surface area contributed by atoms with Crippen molar-refractivity contribution in [3.8, 4) is 0 Å². The minimum Gasteiger partial charge on any atom is -0.456 e. The van der Waals surface area contributed by atoms with Crippen LogP contribution in [0.5, 0.6) is 0 Å². The van der Waals surface area contributed by atoms with Gasteiger partial charge in [0.1, 0.15) is 0 Å². The average Bonchev–Trinajstić information content (AvgIpc) is 3.56. The standard InChI is InChI=1S/C12H10OS.C5H5.3C4H9.Fe.Sn/c1-10-6-8-12(9-7-10)14(13)11-4-2-3-5-11;1-2-4-5-3-1;3*1-3-4-2;;/h2-4,6-9H,1H3;1-5H;3*1,3-4H2,2H3;;/q-1;;;;;;+1/t14-;;;;;;/m1....../s1. The van der Waals surface area contributed by atoms with Gasteiger partial charge in [0.25, 0.3) is 0 Å². The molecule has 10 radical (unpaired) electrons. The van der Waals surface area contributed by atoms with Crippen molar-refractivity contribution in [3.63, 3.8) is 0 Å². The molecule has 0 saturated heterocycles. The number of hydrogen-bond donors (Lipinski definition) is 0. The Labute approximate surface area is 227 Å². The Bertz CT molecular complexity index is 541. The molecule has 2 aliphatic rings. The van der Waals surface area contributed by atoms with E-state index in [2.05, 4.69) is 27.2 Å². The zero-order valence-electron chi connectivity index (χ0n) is 21.0. The summed E-state index contributed by atoms with van der Waals surface area (Å²) in [5, 5.41) is 0.744. The fourth-order valence-corrected chi connectivity index (χ4v) is 13.7. The van der Waals surface area contributed by atoms with Gasteiger partial charge in [-0.25, -0.2) is 6.42 Å². The van der Waals surface area contributed by atoms with Crippen molar-refractivity contribution in [3.05, 3.63) is 92.9 Å². The minimum atomic E-state index is -1.08. The van der Waals surface area contributed by atoms with Crippen molar-refractivity contribution in [1.82, 2.24) is 0 Å². The maximum Gasteiger partial charge on any atom is 0.0365 e. The van der Waals surface area contributed by atoms with Gasteiger partial charge in [0.05, 0.1) is 0 Å². The molecule has 2 saturated carbocycles. The number of rotatable bonds is 11. The molecule has 1 nitrogen and oxygen atoms in total. The van der Waals surface area contributed by atoms with Crippen molar-refractivity contribution in [1.29, 1.82) is 0 Å². The Morgan fingerprint density at radius 1 is 0.758 bits per heavy atom. The van der Waals surface area contributed by atoms with Crippen LogP contribution in [0, 0.1) is 70.0 Å². The number of hydrogen-bond acceptors (Lipinski definition) is 1. The Morgan fingerprint density at radius 3 is 1.58 bits per heavy atom. The van der Waals surface area contributed by atoms with Gasteiger partial charge in [0, 0.05) is 32.8 Å². The predicted molar refractivity (Wildman–Crippen MR) is 143 cm³/mol. The molecular weight excluding hydrogens is 571 g/mol. The van der Waals surface area contributed by atoms with Crippen molar-refractivity contribution in [2.24, 2.45) is 0 Å². The van der Waals surface area contributed by atoms with E-state index in [0.717, 1.165) is 10.1 Å². The smallest absolute Gasteiger partial charge is 0.0365 e. The topological polar surface area (TPSA) is 17.1 Å². The first-order valence-corrected chi connectivity index (χ1v) is 19.4. The van der Waals surface area contributed by atoms with E-state index in [0.29, 0.717) is 0 Å².